The van der Waals surface area contributed by atoms with Crippen LogP contribution in [0.4, 0.5) is 5.69 Å². The van der Waals surface area contributed by atoms with Crippen molar-refractivity contribution in [3.8, 4) is 0 Å². The van der Waals surface area contributed by atoms with Crippen molar-refractivity contribution >= 4 is 27.3 Å². The van der Waals surface area contributed by atoms with Gasteiger partial charge in [-0.3, -0.25) is 4.98 Å². The monoisotopic (exact) mass is 301 g/mol. The smallest absolute Gasteiger partial charge is 0.171 e. The molecule has 2 rings (SSSR count). The van der Waals surface area contributed by atoms with Crippen molar-refractivity contribution in [1.29, 1.82) is 0 Å². The zero-order chi connectivity index (χ0) is 13.9. The largest absolute Gasteiger partial charge is 0.353 e. The van der Waals surface area contributed by atoms with Gasteiger partial charge in [-0.25, -0.2) is 8.42 Å². The molecule has 1 aromatic heterocycles. The van der Waals surface area contributed by atoms with Crippen molar-refractivity contribution in [3.05, 3.63) is 24.0 Å². The third-order valence-electron chi connectivity index (χ3n) is 3.31. The van der Waals surface area contributed by atoms with E-state index >= 15 is 0 Å². The van der Waals surface area contributed by atoms with Crippen molar-refractivity contribution in [3.63, 3.8) is 0 Å². The summed E-state index contributed by atoms with van der Waals surface area (Å²) in [6.45, 7) is 2.79. The second-order valence-corrected chi connectivity index (χ2v) is 7.98. The summed E-state index contributed by atoms with van der Waals surface area (Å²) in [7, 11) is -3.10. The quantitative estimate of drug-likeness (QED) is 0.888. The molecule has 0 radical (unpaired) electrons. The zero-order valence-corrected chi connectivity index (χ0v) is 12.6. The first-order valence-corrected chi connectivity index (χ1v) is 9.16. The van der Waals surface area contributed by atoms with E-state index in [4.69, 9.17) is 5.73 Å². The van der Waals surface area contributed by atoms with Gasteiger partial charge in [0.05, 0.1) is 0 Å². The van der Waals surface area contributed by atoms with E-state index in [0.29, 0.717) is 12.3 Å². The number of nitrogens with two attached hydrogens (primary N) is 1. The van der Waals surface area contributed by atoms with Crippen molar-refractivity contribution in [1.82, 2.24) is 4.98 Å². The van der Waals surface area contributed by atoms with Gasteiger partial charge in [0.25, 0.3) is 0 Å². The molecule has 7 heteroatoms. The van der Waals surface area contributed by atoms with E-state index in [9.17, 15) is 8.42 Å². The molecule has 1 atom stereocenters. The van der Waals surface area contributed by atoms with Crippen LogP contribution in [0, 0.1) is 0 Å². The van der Waals surface area contributed by atoms with Gasteiger partial charge in [0.15, 0.2) is 9.84 Å². The summed E-state index contributed by atoms with van der Waals surface area (Å²) in [6, 6.07) is 1.86. The highest BCUT2D eigenvalue weighted by atomic mass is 32.2. The number of pyridine rings is 1. The van der Waals surface area contributed by atoms with Crippen LogP contribution < -0.4 is 10.6 Å². The highest BCUT2D eigenvalue weighted by Gasteiger charge is 2.33. The number of nitrogens with zero attached hydrogens (tertiary/aromatic N) is 2. The summed E-state index contributed by atoms with van der Waals surface area (Å²) >= 11 is 1.69. The van der Waals surface area contributed by atoms with Crippen molar-refractivity contribution < 1.29 is 8.42 Å². The number of sulfone groups is 1. The molecule has 2 heterocycles. The van der Waals surface area contributed by atoms with Crippen LogP contribution in [0.5, 0.6) is 0 Å². The molecule has 0 aromatic carbocycles. The maximum absolute atomic E-state index is 12.2. The van der Waals surface area contributed by atoms with Gasteiger partial charge in [0.1, 0.15) is 5.37 Å². The van der Waals surface area contributed by atoms with Crippen LogP contribution in [0.1, 0.15) is 12.5 Å². The topological polar surface area (TPSA) is 76.3 Å². The van der Waals surface area contributed by atoms with E-state index < -0.39 is 15.2 Å². The Morgan fingerprint density at radius 3 is 3.05 bits per heavy atom. The molecule has 0 amide bonds. The fourth-order valence-corrected chi connectivity index (χ4v) is 5.19. The predicted molar refractivity (Wildman–Crippen MR) is 80.0 cm³/mol. The molecular weight excluding hydrogens is 282 g/mol. The van der Waals surface area contributed by atoms with E-state index in [0.717, 1.165) is 23.5 Å². The summed E-state index contributed by atoms with van der Waals surface area (Å²) in [5.74, 6) is 1.71. The number of thioether (sulfide) groups is 1. The SMILES string of the molecule is CCS(=O)(=O)C1CSCCN1c1ccncc1CN. The molecule has 0 aliphatic carbocycles. The molecule has 5 nitrogen and oxygen atoms in total. The third kappa shape index (κ3) is 3.04. The number of aromatic nitrogens is 1. The number of rotatable bonds is 4. The van der Waals surface area contributed by atoms with Crippen LogP contribution >= 0.6 is 11.8 Å². The Morgan fingerprint density at radius 1 is 1.58 bits per heavy atom. The molecule has 2 N–H and O–H groups in total. The molecule has 0 bridgehead atoms. The minimum atomic E-state index is -3.10. The molecule has 1 aliphatic heterocycles. The second-order valence-electron chi connectivity index (χ2n) is 4.38. The van der Waals surface area contributed by atoms with Crippen molar-refractivity contribution in [2.45, 2.75) is 18.8 Å². The van der Waals surface area contributed by atoms with Crippen molar-refractivity contribution in [2.75, 3.05) is 28.7 Å². The van der Waals surface area contributed by atoms with Gasteiger partial charge in [0, 0.05) is 54.0 Å². The predicted octanol–water partition coefficient (Wildman–Crippen LogP) is 0.854. The maximum Gasteiger partial charge on any atom is 0.171 e. The lowest BCUT2D eigenvalue weighted by Crippen LogP contribution is -2.48. The van der Waals surface area contributed by atoms with Crippen LogP contribution in [0.15, 0.2) is 18.5 Å². The Bertz CT molecular complexity index is 534. The molecular formula is C12H19N3O2S2. The van der Waals surface area contributed by atoms with Crippen LogP contribution in [0.3, 0.4) is 0 Å². The molecule has 0 saturated carbocycles. The molecule has 0 spiro atoms. The van der Waals surface area contributed by atoms with Gasteiger partial charge in [-0.1, -0.05) is 6.92 Å². The normalized spacial score (nSPS) is 20.5. The molecule has 1 fully saturated rings. The highest BCUT2D eigenvalue weighted by molar-refractivity contribution is 8.01. The molecule has 19 heavy (non-hydrogen) atoms. The second kappa shape index (κ2) is 6.11. The van der Waals surface area contributed by atoms with E-state index in [1.54, 1.807) is 31.1 Å². The van der Waals surface area contributed by atoms with Gasteiger partial charge in [-0.15, -0.1) is 0 Å². The van der Waals surface area contributed by atoms with E-state index in [1.165, 1.54) is 0 Å². The summed E-state index contributed by atoms with van der Waals surface area (Å²) in [4.78, 5) is 6.03. The summed E-state index contributed by atoms with van der Waals surface area (Å²) in [5, 5.41) is -0.455. The van der Waals surface area contributed by atoms with Gasteiger partial charge in [-0.2, -0.15) is 11.8 Å². The lowest BCUT2D eigenvalue weighted by molar-refractivity contribution is 0.579. The van der Waals surface area contributed by atoms with E-state index in [2.05, 4.69) is 4.98 Å². The van der Waals surface area contributed by atoms with Gasteiger partial charge >= 0.3 is 0 Å². The zero-order valence-electron chi connectivity index (χ0n) is 10.9. The summed E-state index contributed by atoms with van der Waals surface area (Å²) in [5.41, 5.74) is 7.52. The molecule has 1 aliphatic rings. The fraction of sp³-hybridized carbons (Fsp3) is 0.583. The fourth-order valence-electron chi connectivity index (χ4n) is 2.20. The molecule has 1 saturated heterocycles. The number of anilines is 1. The van der Waals surface area contributed by atoms with E-state index in [-0.39, 0.29) is 5.75 Å². The lowest BCUT2D eigenvalue weighted by atomic mass is 10.2. The number of hydrogen-bond acceptors (Lipinski definition) is 6. The van der Waals surface area contributed by atoms with Crippen LogP contribution in [-0.2, 0) is 16.4 Å². The minimum absolute atomic E-state index is 0.164. The first-order chi connectivity index (χ1) is 9.10. The highest BCUT2D eigenvalue weighted by Crippen LogP contribution is 2.29. The minimum Gasteiger partial charge on any atom is -0.353 e. The Morgan fingerprint density at radius 2 is 2.37 bits per heavy atom. The molecule has 106 valence electrons. The Balaban J connectivity index is 2.40. The molecule has 1 aromatic rings. The maximum atomic E-state index is 12.2. The van der Waals surface area contributed by atoms with Gasteiger partial charge < -0.3 is 10.6 Å². The lowest BCUT2D eigenvalue weighted by Gasteiger charge is -2.37. The summed E-state index contributed by atoms with van der Waals surface area (Å²) < 4.78 is 24.5. The van der Waals surface area contributed by atoms with Gasteiger partial charge in [0.2, 0.25) is 0 Å². The van der Waals surface area contributed by atoms with Gasteiger partial charge in [-0.05, 0) is 6.07 Å². The first kappa shape index (κ1) is 14.6. The average Bonchev–Trinajstić information content (AvgIpc) is 2.47. The van der Waals surface area contributed by atoms with Crippen molar-refractivity contribution in [2.24, 2.45) is 5.73 Å². The van der Waals surface area contributed by atoms with Crippen LogP contribution in [-0.4, -0.2) is 42.6 Å². The third-order valence-corrected chi connectivity index (χ3v) is 6.60. The Hall–Kier alpha value is -0.790. The van der Waals surface area contributed by atoms with E-state index in [1.807, 2.05) is 11.0 Å². The molecule has 1 unspecified atom stereocenters. The first-order valence-electron chi connectivity index (χ1n) is 6.29. The average molecular weight is 301 g/mol. The Kier molecular flexibility index (Phi) is 4.70. The standard InChI is InChI=1S/C12H19N3O2S2/c1-2-19(16,17)12-9-18-6-5-15(12)11-3-4-14-8-10(11)7-13/h3-4,8,12H,2,5-7,9,13H2,1H3. The van der Waals surface area contributed by atoms with Crippen LogP contribution in [0.25, 0.3) is 0 Å². The summed E-state index contributed by atoms with van der Waals surface area (Å²) in [6.07, 6.45) is 3.40. The number of hydrogen-bond donors (Lipinski definition) is 1. The Labute approximate surface area is 118 Å². The van der Waals surface area contributed by atoms with Crippen LogP contribution in [0.2, 0.25) is 0 Å².